The molecule has 0 aromatic heterocycles. The number of halogens is 1. The molecule has 2 aliphatic heterocycles. The number of fused-ring (bicyclic) bond motifs is 1. The van der Waals surface area contributed by atoms with Gasteiger partial charge in [0.15, 0.2) is 0 Å². The van der Waals surface area contributed by atoms with E-state index in [2.05, 4.69) is 40.4 Å². The highest BCUT2D eigenvalue weighted by atomic mass is 79.9. The van der Waals surface area contributed by atoms with Gasteiger partial charge >= 0.3 is 0 Å². The van der Waals surface area contributed by atoms with E-state index in [0.29, 0.717) is 12.1 Å². The van der Waals surface area contributed by atoms with Crippen LogP contribution >= 0.6 is 15.9 Å². The number of likely N-dealkylation sites (N-methyl/N-ethyl adjacent to an activating group) is 1. The molecule has 0 aliphatic carbocycles. The van der Waals surface area contributed by atoms with E-state index in [1.807, 2.05) is 0 Å². The molecular weight excluding hydrogens is 330 g/mol. The van der Waals surface area contributed by atoms with Crippen molar-refractivity contribution in [1.29, 1.82) is 0 Å². The third-order valence-electron chi connectivity index (χ3n) is 4.56. The van der Waals surface area contributed by atoms with E-state index >= 15 is 0 Å². The van der Waals surface area contributed by atoms with Crippen LogP contribution in [-0.2, 0) is 17.6 Å². The van der Waals surface area contributed by atoms with Gasteiger partial charge in [0.05, 0.1) is 12.7 Å². The molecule has 3 nitrogen and oxygen atoms in total. The van der Waals surface area contributed by atoms with E-state index in [0.717, 1.165) is 49.1 Å². The van der Waals surface area contributed by atoms with Gasteiger partial charge in [0, 0.05) is 23.5 Å². The Balaban J connectivity index is 1.63. The minimum Gasteiger partial charge on any atom is -0.493 e. The molecule has 2 aliphatic rings. The molecule has 116 valence electrons. The molecular formula is C17H24BrNO2. The number of rotatable bonds is 6. The standard InChI is InChI=1S/C17H24BrNO2/c1-19-15(4-5-16-3-2-7-20-16)11-13-10-14(18)9-12-6-8-21-17(12)13/h9-10,15-16,19H,2-8,11H2,1H3. The molecule has 3 rings (SSSR count). The fraction of sp³-hybridized carbons (Fsp3) is 0.647. The minimum atomic E-state index is 0.477. The smallest absolute Gasteiger partial charge is 0.125 e. The molecule has 0 amide bonds. The molecule has 2 heterocycles. The van der Waals surface area contributed by atoms with E-state index in [1.165, 1.54) is 24.0 Å². The van der Waals surface area contributed by atoms with E-state index in [1.54, 1.807) is 0 Å². The summed E-state index contributed by atoms with van der Waals surface area (Å²) in [5, 5.41) is 3.46. The van der Waals surface area contributed by atoms with Crippen molar-refractivity contribution in [1.82, 2.24) is 5.32 Å². The zero-order chi connectivity index (χ0) is 14.7. The average Bonchev–Trinajstić information content (AvgIpc) is 3.13. The van der Waals surface area contributed by atoms with Crippen LogP contribution < -0.4 is 10.1 Å². The number of hydrogen-bond donors (Lipinski definition) is 1. The lowest BCUT2D eigenvalue weighted by atomic mass is 9.97. The van der Waals surface area contributed by atoms with E-state index in [-0.39, 0.29) is 0 Å². The van der Waals surface area contributed by atoms with Crippen LogP contribution in [0, 0.1) is 0 Å². The normalized spacial score (nSPS) is 22.1. The summed E-state index contributed by atoms with van der Waals surface area (Å²) >= 11 is 3.62. The maximum absolute atomic E-state index is 5.83. The van der Waals surface area contributed by atoms with Crippen LogP contribution in [0.25, 0.3) is 0 Å². The SMILES string of the molecule is CNC(CCC1CCCO1)Cc1cc(Br)cc2c1OCC2. The zero-order valence-electron chi connectivity index (χ0n) is 12.7. The van der Waals surface area contributed by atoms with Gasteiger partial charge in [-0.25, -0.2) is 0 Å². The summed E-state index contributed by atoms with van der Waals surface area (Å²) < 4.78 is 12.7. The van der Waals surface area contributed by atoms with Crippen molar-refractivity contribution in [2.24, 2.45) is 0 Å². The van der Waals surface area contributed by atoms with Crippen molar-refractivity contribution in [2.45, 2.75) is 50.7 Å². The second-order valence-electron chi connectivity index (χ2n) is 6.05. The van der Waals surface area contributed by atoms with Crippen LogP contribution in [0.4, 0.5) is 0 Å². The largest absolute Gasteiger partial charge is 0.493 e. The van der Waals surface area contributed by atoms with Gasteiger partial charge in [-0.3, -0.25) is 0 Å². The van der Waals surface area contributed by atoms with E-state index < -0.39 is 0 Å². The molecule has 21 heavy (non-hydrogen) atoms. The quantitative estimate of drug-likeness (QED) is 0.849. The van der Waals surface area contributed by atoms with Gasteiger partial charge in [-0.2, -0.15) is 0 Å². The van der Waals surface area contributed by atoms with Crippen LogP contribution in [-0.4, -0.2) is 32.4 Å². The Morgan fingerprint density at radius 2 is 2.29 bits per heavy atom. The summed E-state index contributed by atoms with van der Waals surface area (Å²) in [6, 6.07) is 4.88. The zero-order valence-corrected chi connectivity index (χ0v) is 14.2. The van der Waals surface area contributed by atoms with Crippen LogP contribution in [0.2, 0.25) is 0 Å². The Morgan fingerprint density at radius 1 is 1.38 bits per heavy atom. The van der Waals surface area contributed by atoms with E-state index in [4.69, 9.17) is 9.47 Å². The molecule has 2 unspecified atom stereocenters. The van der Waals surface area contributed by atoms with Crippen molar-refractivity contribution in [3.05, 3.63) is 27.7 Å². The predicted octanol–water partition coefficient (Wildman–Crippen LogP) is 3.47. The van der Waals surface area contributed by atoms with E-state index in [9.17, 15) is 0 Å². The molecule has 4 heteroatoms. The Bertz CT molecular complexity index is 486. The summed E-state index contributed by atoms with van der Waals surface area (Å²) in [4.78, 5) is 0. The van der Waals surface area contributed by atoms with Gasteiger partial charge < -0.3 is 14.8 Å². The lowest BCUT2D eigenvalue weighted by Gasteiger charge is -2.20. The van der Waals surface area contributed by atoms with Crippen molar-refractivity contribution in [3.8, 4) is 5.75 Å². The van der Waals surface area contributed by atoms with Gasteiger partial charge in [0.25, 0.3) is 0 Å². The molecule has 2 atom stereocenters. The van der Waals surface area contributed by atoms with Gasteiger partial charge in [-0.05, 0) is 62.4 Å². The molecule has 1 aromatic carbocycles. The second-order valence-corrected chi connectivity index (χ2v) is 6.97. The van der Waals surface area contributed by atoms with Crippen molar-refractivity contribution in [2.75, 3.05) is 20.3 Å². The highest BCUT2D eigenvalue weighted by Gasteiger charge is 2.21. The second kappa shape index (κ2) is 7.12. The molecule has 0 radical (unpaired) electrons. The van der Waals surface area contributed by atoms with Crippen molar-refractivity contribution < 1.29 is 9.47 Å². The highest BCUT2D eigenvalue weighted by Crippen LogP contribution is 2.34. The summed E-state index contributed by atoms with van der Waals surface area (Å²) in [6.07, 6.45) is 7.29. The van der Waals surface area contributed by atoms with Gasteiger partial charge in [-0.1, -0.05) is 15.9 Å². The molecule has 0 bridgehead atoms. The van der Waals surface area contributed by atoms with Crippen LogP contribution in [0.1, 0.15) is 36.8 Å². The van der Waals surface area contributed by atoms with Crippen LogP contribution in [0.3, 0.4) is 0 Å². The first-order chi connectivity index (χ1) is 10.3. The maximum Gasteiger partial charge on any atom is 0.125 e. The maximum atomic E-state index is 5.83. The first-order valence-electron chi connectivity index (χ1n) is 7.99. The minimum absolute atomic E-state index is 0.477. The van der Waals surface area contributed by atoms with Gasteiger partial charge in [-0.15, -0.1) is 0 Å². The topological polar surface area (TPSA) is 30.5 Å². The lowest BCUT2D eigenvalue weighted by molar-refractivity contribution is 0.0998. The predicted molar refractivity (Wildman–Crippen MR) is 88.1 cm³/mol. The fourth-order valence-electron chi connectivity index (χ4n) is 3.37. The summed E-state index contributed by atoms with van der Waals surface area (Å²) in [5.41, 5.74) is 2.66. The third kappa shape index (κ3) is 3.79. The Kier molecular flexibility index (Phi) is 5.19. The van der Waals surface area contributed by atoms with Gasteiger partial charge in [0.2, 0.25) is 0 Å². The summed E-state index contributed by atoms with van der Waals surface area (Å²) in [5.74, 6) is 1.12. The summed E-state index contributed by atoms with van der Waals surface area (Å²) in [6.45, 7) is 1.76. The third-order valence-corrected chi connectivity index (χ3v) is 5.02. The molecule has 0 spiro atoms. The molecule has 1 aromatic rings. The molecule has 1 saturated heterocycles. The molecule has 0 saturated carbocycles. The Labute approximate surface area is 135 Å². The number of nitrogens with one attached hydrogen (secondary N) is 1. The Hall–Kier alpha value is -0.580. The number of benzene rings is 1. The first kappa shape index (κ1) is 15.3. The highest BCUT2D eigenvalue weighted by molar-refractivity contribution is 9.10. The molecule has 1 fully saturated rings. The van der Waals surface area contributed by atoms with Crippen LogP contribution in [0.15, 0.2) is 16.6 Å². The number of hydrogen-bond acceptors (Lipinski definition) is 3. The summed E-state index contributed by atoms with van der Waals surface area (Å²) in [7, 11) is 2.05. The Morgan fingerprint density at radius 3 is 3.05 bits per heavy atom. The van der Waals surface area contributed by atoms with Crippen molar-refractivity contribution >= 4 is 15.9 Å². The van der Waals surface area contributed by atoms with Crippen molar-refractivity contribution in [3.63, 3.8) is 0 Å². The monoisotopic (exact) mass is 353 g/mol. The lowest BCUT2D eigenvalue weighted by Crippen LogP contribution is -2.29. The number of ether oxygens (including phenoxy) is 2. The van der Waals surface area contributed by atoms with Gasteiger partial charge in [0.1, 0.15) is 5.75 Å². The fourth-order valence-corrected chi connectivity index (χ4v) is 3.92. The molecule has 1 N–H and O–H groups in total. The first-order valence-corrected chi connectivity index (χ1v) is 8.78. The van der Waals surface area contributed by atoms with Crippen LogP contribution in [0.5, 0.6) is 5.75 Å². The average molecular weight is 354 g/mol.